The summed E-state index contributed by atoms with van der Waals surface area (Å²) in [5.41, 5.74) is 0. The van der Waals surface area contributed by atoms with E-state index in [9.17, 15) is 4.79 Å². The number of hydrogen-bond donors (Lipinski definition) is 0. The number of hydrogen-bond acceptors (Lipinski definition) is 4. The first-order valence-electron chi connectivity index (χ1n) is 7.33. The molecule has 2 unspecified atom stereocenters. The van der Waals surface area contributed by atoms with Crippen LogP contribution in [0.25, 0.3) is 0 Å². The smallest absolute Gasteiger partial charge is 0.290 e. The molecule has 1 aromatic heterocycles. The van der Waals surface area contributed by atoms with Gasteiger partial charge in [-0.3, -0.25) is 4.79 Å². The Morgan fingerprint density at radius 1 is 1.50 bits per heavy atom. The number of likely N-dealkylation sites (N-methyl/N-ethyl adjacent to an activating group) is 1. The van der Waals surface area contributed by atoms with E-state index in [1.165, 1.54) is 0 Å². The molecule has 6 heteroatoms. The number of rotatable bonds is 2. The average Bonchev–Trinajstić information content (AvgIpc) is 2.94. The lowest BCUT2D eigenvalue weighted by molar-refractivity contribution is -0.0873. The van der Waals surface area contributed by atoms with Crippen LogP contribution in [0.2, 0.25) is 0 Å². The maximum absolute atomic E-state index is 12.8. The molecule has 3 heterocycles. The molecule has 0 aromatic carbocycles. The zero-order valence-electron chi connectivity index (χ0n) is 12.2. The lowest BCUT2D eigenvalue weighted by atomic mass is 9.99. The lowest BCUT2D eigenvalue weighted by Gasteiger charge is -2.46. The predicted octanol–water partition coefficient (Wildman–Crippen LogP) is 0.448. The van der Waals surface area contributed by atoms with Crippen LogP contribution in [0.5, 0.6) is 0 Å². The number of nitrogens with zero attached hydrogens (tertiary/aromatic N) is 4. The van der Waals surface area contributed by atoms with Gasteiger partial charge in [0.25, 0.3) is 5.91 Å². The van der Waals surface area contributed by atoms with Crippen molar-refractivity contribution in [3.05, 3.63) is 18.2 Å². The van der Waals surface area contributed by atoms with E-state index >= 15 is 0 Å². The summed E-state index contributed by atoms with van der Waals surface area (Å²) >= 11 is 0. The minimum absolute atomic E-state index is 0.0328. The number of aromatic nitrogens is 2. The Balaban J connectivity index is 1.82. The molecule has 1 amide bonds. The number of morpholine rings is 1. The van der Waals surface area contributed by atoms with Crippen molar-refractivity contribution in [1.82, 2.24) is 19.4 Å². The molecule has 20 heavy (non-hydrogen) atoms. The fourth-order valence-electron chi connectivity index (χ4n) is 3.17. The van der Waals surface area contributed by atoms with Crippen molar-refractivity contribution in [2.75, 3.05) is 33.3 Å². The van der Waals surface area contributed by atoms with E-state index in [-0.39, 0.29) is 18.1 Å². The number of amides is 1. The SMILES string of the molecule is CCn1ccnc1C(=O)N1CCOC2CCN(C)CC21. The van der Waals surface area contributed by atoms with Crippen LogP contribution in [0.15, 0.2) is 12.4 Å². The van der Waals surface area contributed by atoms with Gasteiger partial charge >= 0.3 is 0 Å². The molecule has 0 N–H and O–H groups in total. The van der Waals surface area contributed by atoms with Crippen LogP contribution in [-0.4, -0.2) is 70.7 Å². The lowest BCUT2D eigenvalue weighted by Crippen LogP contribution is -2.61. The topological polar surface area (TPSA) is 50.6 Å². The second-order valence-electron chi connectivity index (χ2n) is 5.56. The molecule has 0 aliphatic carbocycles. The number of piperidine rings is 1. The Hall–Kier alpha value is -1.40. The van der Waals surface area contributed by atoms with Gasteiger partial charge in [-0.2, -0.15) is 0 Å². The molecule has 0 saturated carbocycles. The van der Waals surface area contributed by atoms with Crippen LogP contribution in [-0.2, 0) is 11.3 Å². The van der Waals surface area contributed by atoms with Crippen LogP contribution in [0.1, 0.15) is 24.0 Å². The predicted molar refractivity (Wildman–Crippen MR) is 74.6 cm³/mol. The standard InChI is InChI=1S/C14H22N4O2/c1-3-17-7-5-15-13(17)14(19)18-8-9-20-12-4-6-16(2)10-11(12)18/h5,7,11-12H,3-4,6,8-10H2,1-2H3. The minimum atomic E-state index is 0.0328. The van der Waals surface area contributed by atoms with Gasteiger partial charge in [-0.25, -0.2) is 4.98 Å². The number of imidazole rings is 1. The summed E-state index contributed by atoms with van der Waals surface area (Å²) in [6.45, 7) is 5.98. The van der Waals surface area contributed by atoms with E-state index in [0.717, 1.165) is 26.1 Å². The van der Waals surface area contributed by atoms with Crippen LogP contribution < -0.4 is 0 Å². The molecule has 2 aliphatic rings. The molecule has 0 radical (unpaired) electrons. The molecule has 6 nitrogen and oxygen atoms in total. The maximum atomic E-state index is 12.8. The highest BCUT2D eigenvalue weighted by molar-refractivity contribution is 5.91. The monoisotopic (exact) mass is 278 g/mol. The van der Waals surface area contributed by atoms with E-state index in [4.69, 9.17) is 4.74 Å². The Morgan fingerprint density at radius 2 is 2.35 bits per heavy atom. The van der Waals surface area contributed by atoms with Crippen molar-refractivity contribution < 1.29 is 9.53 Å². The van der Waals surface area contributed by atoms with Crippen molar-refractivity contribution >= 4 is 5.91 Å². The van der Waals surface area contributed by atoms with Gasteiger partial charge in [0.1, 0.15) is 0 Å². The van der Waals surface area contributed by atoms with Crippen molar-refractivity contribution in [3.63, 3.8) is 0 Å². The Morgan fingerprint density at radius 3 is 3.15 bits per heavy atom. The largest absolute Gasteiger partial charge is 0.374 e. The highest BCUT2D eigenvalue weighted by Gasteiger charge is 2.39. The van der Waals surface area contributed by atoms with Gasteiger partial charge in [-0.1, -0.05) is 0 Å². The van der Waals surface area contributed by atoms with E-state index in [1.54, 1.807) is 6.20 Å². The summed E-state index contributed by atoms with van der Waals surface area (Å²) < 4.78 is 7.74. The van der Waals surface area contributed by atoms with Crippen LogP contribution in [0.4, 0.5) is 0 Å². The van der Waals surface area contributed by atoms with Crippen molar-refractivity contribution in [2.45, 2.75) is 32.0 Å². The molecule has 2 aliphatic heterocycles. The second kappa shape index (κ2) is 5.54. The summed E-state index contributed by atoms with van der Waals surface area (Å²) in [5, 5.41) is 0. The molecule has 110 valence electrons. The quantitative estimate of drug-likeness (QED) is 0.788. The minimum Gasteiger partial charge on any atom is -0.374 e. The molecule has 2 saturated heterocycles. The molecule has 1 aromatic rings. The highest BCUT2D eigenvalue weighted by atomic mass is 16.5. The first-order chi connectivity index (χ1) is 9.70. The fraction of sp³-hybridized carbons (Fsp3) is 0.714. The molecule has 0 spiro atoms. The molecular weight excluding hydrogens is 256 g/mol. The maximum Gasteiger partial charge on any atom is 0.290 e. The zero-order valence-corrected chi connectivity index (χ0v) is 12.2. The van der Waals surface area contributed by atoms with Gasteiger partial charge in [-0.15, -0.1) is 0 Å². The first kappa shape index (κ1) is 13.6. The van der Waals surface area contributed by atoms with E-state index in [0.29, 0.717) is 19.0 Å². The number of carbonyl (C=O) groups is 1. The third kappa shape index (κ3) is 2.33. The zero-order chi connectivity index (χ0) is 14.1. The Kier molecular flexibility index (Phi) is 3.76. The summed E-state index contributed by atoms with van der Waals surface area (Å²) in [5.74, 6) is 0.576. The van der Waals surface area contributed by atoms with Crippen LogP contribution in [0, 0.1) is 0 Å². The van der Waals surface area contributed by atoms with E-state index in [1.807, 2.05) is 22.6 Å². The third-order valence-electron chi connectivity index (χ3n) is 4.30. The first-order valence-corrected chi connectivity index (χ1v) is 7.33. The highest BCUT2D eigenvalue weighted by Crippen LogP contribution is 2.23. The summed E-state index contributed by atoms with van der Waals surface area (Å²) in [7, 11) is 2.10. The van der Waals surface area contributed by atoms with Gasteiger partial charge in [0.05, 0.1) is 18.8 Å². The van der Waals surface area contributed by atoms with E-state index < -0.39 is 0 Å². The number of ether oxygens (including phenoxy) is 1. The van der Waals surface area contributed by atoms with Crippen molar-refractivity contribution in [3.8, 4) is 0 Å². The van der Waals surface area contributed by atoms with Gasteiger partial charge in [0, 0.05) is 38.6 Å². The number of fused-ring (bicyclic) bond motifs is 1. The van der Waals surface area contributed by atoms with Gasteiger partial charge in [-0.05, 0) is 20.4 Å². The van der Waals surface area contributed by atoms with Gasteiger partial charge in [0.15, 0.2) is 5.82 Å². The Labute approximate surface area is 119 Å². The molecule has 0 bridgehead atoms. The van der Waals surface area contributed by atoms with Crippen molar-refractivity contribution in [1.29, 1.82) is 0 Å². The van der Waals surface area contributed by atoms with Crippen molar-refractivity contribution in [2.24, 2.45) is 0 Å². The fourth-order valence-corrected chi connectivity index (χ4v) is 3.17. The van der Waals surface area contributed by atoms with Gasteiger partial charge in [0.2, 0.25) is 0 Å². The molecule has 2 atom stereocenters. The normalized spacial score (nSPS) is 27.4. The Bertz CT molecular complexity index is 487. The summed E-state index contributed by atoms with van der Waals surface area (Å²) in [6.07, 6.45) is 4.72. The number of likely N-dealkylation sites (tertiary alicyclic amines) is 1. The summed E-state index contributed by atoms with van der Waals surface area (Å²) in [4.78, 5) is 21.2. The second-order valence-corrected chi connectivity index (χ2v) is 5.56. The van der Waals surface area contributed by atoms with Crippen LogP contribution >= 0.6 is 0 Å². The van der Waals surface area contributed by atoms with Gasteiger partial charge < -0.3 is 19.1 Å². The number of aryl methyl sites for hydroxylation is 1. The van der Waals surface area contributed by atoms with Crippen LogP contribution in [0.3, 0.4) is 0 Å². The molecule has 2 fully saturated rings. The average molecular weight is 278 g/mol. The molecule has 3 rings (SSSR count). The van der Waals surface area contributed by atoms with E-state index in [2.05, 4.69) is 16.9 Å². The molecular formula is C14H22N4O2. The number of carbonyl (C=O) groups excluding carboxylic acids is 1. The summed E-state index contributed by atoms with van der Waals surface area (Å²) in [6, 6.07) is 0.150. The third-order valence-corrected chi connectivity index (χ3v) is 4.30.